The fourth-order valence-electron chi connectivity index (χ4n) is 2.07. The second-order valence-corrected chi connectivity index (χ2v) is 5.93. The average Bonchev–Trinajstić information content (AvgIpc) is 2.92. The van der Waals surface area contributed by atoms with Crippen molar-refractivity contribution < 1.29 is 9.53 Å². The maximum Gasteiger partial charge on any atom is 0.261 e. The zero-order valence-corrected chi connectivity index (χ0v) is 13.4. The number of hydrogen-bond donors (Lipinski definition) is 1. The predicted molar refractivity (Wildman–Crippen MR) is 90.2 cm³/mol. The van der Waals surface area contributed by atoms with E-state index in [1.54, 1.807) is 24.3 Å². The van der Waals surface area contributed by atoms with E-state index in [-0.39, 0.29) is 5.91 Å². The normalized spacial score (nSPS) is 10.6. The van der Waals surface area contributed by atoms with Crippen molar-refractivity contribution in [2.24, 2.45) is 0 Å². The van der Waals surface area contributed by atoms with Gasteiger partial charge < -0.3 is 4.74 Å². The van der Waals surface area contributed by atoms with Crippen molar-refractivity contribution >= 4 is 44.2 Å². The number of nitrogens with zero attached hydrogens (tertiary/aromatic N) is 1. The second-order valence-electron chi connectivity index (χ2n) is 4.49. The summed E-state index contributed by atoms with van der Waals surface area (Å²) < 4.78 is 6.41. The molecule has 0 aliphatic heterocycles. The molecule has 2 aromatic carbocycles. The summed E-state index contributed by atoms with van der Waals surface area (Å²) in [7, 11) is 0. The van der Waals surface area contributed by atoms with E-state index in [0.717, 1.165) is 4.70 Å². The van der Waals surface area contributed by atoms with Crippen molar-refractivity contribution in [1.29, 1.82) is 0 Å². The van der Waals surface area contributed by atoms with E-state index in [1.165, 1.54) is 11.3 Å². The average molecular weight is 333 g/mol. The summed E-state index contributed by atoms with van der Waals surface area (Å²) >= 11 is 7.49. The minimum absolute atomic E-state index is 0.251. The molecule has 0 spiro atoms. The number of ether oxygens (including phenoxy) is 1. The van der Waals surface area contributed by atoms with Crippen LogP contribution in [0.4, 0.5) is 5.13 Å². The molecule has 1 aromatic heterocycles. The van der Waals surface area contributed by atoms with Gasteiger partial charge in [-0.05, 0) is 31.2 Å². The lowest BCUT2D eigenvalue weighted by Gasteiger charge is -2.08. The number of thiazole rings is 1. The molecule has 0 bridgehead atoms. The number of rotatable bonds is 4. The molecule has 1 amide bonds. The number of aromatic nitrogens is 1. The maximum atomic E-state index is 12.4. The first-order valence-electron chi connectivity index (χ1n) is 6.77. The first-order chi connectivity index (χ1) is 10.7. The summed E-state index contributed by atoms with van der Waals surface area (Å²) in [6, 6.07) is 12.7. The molecule has 4 nitrogen and oxygen atoms in total. The van der Waals surface area contributed by atoms with Gasteiger partial charge in [0.2, 0.25) is 0 Å². The zero-order chi connectivity index (χ0) is 15.5. The van der Waals surface area contributed by atoms with Gasteiger partial charge in [0.1, 0.15) is 11.3 Å². The highest BCUT2D eigenvalue weighted by atomic mass is 35.5. The molecule has 3 aromatic rings. The molecule has 0 radical (unpaired) electrons. The molecule has 1 heterocycles. The van der Waals surface area contributed by atoms with Crippen molar-refractivity contribution in [2.75, 3.05) is 11.9 Å². The molecule has 22 heavy (non-hydrogen) atoms. The van der Waals surface area contributed by atoms with E-state index < -0.39 is 0 Å². The summed E-state index contributed by atoms with van der Waals surface area (Å²) in [4.78, 5) is 16.8. The van der Waals surface area contributed by atoms with Crippen LogP contribution in [0.5, 0.6) is 5.75 Å². The molecule has 6 heteroatoms. The Morgan fingerprint density at radius 3 is 2.86 bits per heavy atom. The first kappa shape index (κ1) is 14.8. The van der Waals surface area contributed by atoms with Crippen LogP contribution in [0.25, 0.3) is 10.2 Å². The smallest absolute Gasteiger partial charge is 0.261 e. The van der Waals surface area contributed by atoms with Gasteiger partial charge in [-0.1, -0.05) is 41.1 Å². The number of nitrogens with one attached hydrogen (secondary N) is 1. The lowest BCUT2D eigenvalue weighted by Crippen LogP contribution is -2.13. The summed E-state index contributed by atoms with van der Waals surface area (Å²) in [5.74, 6) is 0.306. The van der Waals surface area contributed by atoms with Crippen LogP contribution in [0.2, 0.25) is 5.02 Å². The predicted octanol–water partition coefficient (Wildman–Crippen LogP) is 4.60. The number of fused-ring (bicyclic) bond motifs is 1. The first-order valence-corrected chi connectivity index (χ1v) is 7.96. The van der Waals surface area contributed by atoms with Crippen LogP contribution in [0.15, 0.2) is 42.5 Å². The molecule has 112 valence electrons. The molecule has 0 fully saturated rings. The van der Waals surface area contributed by atoms with E-state index in [4.69, 9.17) is 16.3 Å². The number of para-hydroxylation sites is 2. The fourth-order valence-corrected chi connectivity index (χ4v) is 3.23. The number of anilines is 1. The lowest BCUT2D eigenvalue weighted by molar-refractivity contribution is 0.102. The Kier molecular flexibility index (Phi) is 4.27. The van der Waals surface area contributed by atoms with Crippen LogP contribution in [-0.2, 0) is 0 Å². The van der Waals surface area contributed by atoms with E-state index in [0.29, 0.717) is 33.6 Å². The van der Waals surface area contributed by atoms with Crippen molar-refractivity contribution in [3.8, 4) is 5.75 Å². The van der Waals surface area contributed by atoms with Gasteiger partial charge in [-0.15, -0.1) is 0 Å². The minimum Gasteiger partial charge on any atom is -0.493 e. The third kappa shape index (κ3) is 2.91. The largest absolute Gasteiger partial charge is 0.493 e. The maximum absolute atomic E-state index is 12.4. The van der Waals surface area contributed by atoms with E-state index in [9.17, 15) is 4.79 Å². The van der Waals surface area contributed by atoms with Crippen LogP contribution < -0.4 is 10.1 Å². The molecule has 3 rings (SSSR count). The highest BCUT2D eigenvalue weighted by Gasteiger charge is 2.14. The molecule has 0 unspecified atom stereocenters. The Balaban J connectivity index is 1.88. The highest BCUT2D eigenvalue weighted by Crippen LogP contribution is 2.31. The SMILES string of the molecule is CCOc1ccccc1C(=O)Nc1nc2c(Cl)cccc2s1. The third-order valence-electron chi connectivity index (χ3n) is 3.02. The van der Waals surface area contributed by atoms with Crippen LogP contribution >= 0.6 is 22.9 Å². The van der Waals surface area contributed by atoms with Crippen LogP contribution in [-0.4, -0.2) is 17.5 Å². The van der Waals surface area contributed by atoms with Crippen LogP contribution in [0.1, 0.15) is 17.3 Å². The molecule has 0 aliphatic carbocycles. The van der Waals surface area contributed by atoms with Crippen molar-refractivity contribution in [2.45, 2.75) is 6.92 Å². The minimum atomic E-state index is -0.251. The number of amides is 1. The van der Waals surface area contributed by atoms with Gasteiger partial charge in [0.05, 0.1) is 21.9 Å². The summed E-state index contributed by atoms with van der Waals surface area (Å²) in [6.45, 7) is 2.38. The third-order valence-corrected chi connectivity index (χ3v) is 4.26. The summed E-state index contributed by atoms with van der Waals surface area (Å²) in [5, 5.41) is 3.89. The fraction of sp³-hybridized carbons (Fsp3) is 0.125. The van der Waals surface area contributed by atoms with Gasteiger partial charge in [0, 0.05) is 0 Å². The van der Waals surface area contributed by atoms with Gasteiger partial charge >= 0.3 is 0 Å². The number of carbonyl (C=O) groups excluding carboxylic acids is 1. The standard InChI is InChI=1S/C16H13ClN2O2S/c1-2-21-12-8-4-3-6-10(12)15(20)19-16-18-14-11(17)7-5-9-13(14)22-16/h3-9H,2H2,1H3,(H,18,19,20). The Morgan fingerprint density at radius 1 is 1.27 bits per heavy atom. The molecule has 0 atom stereocenters. The van der Waals surface area contributed by atoms with Crippen LogP contribution in [0.3, 0.4) is 0 Å². The second kappa shape index (κ2) is 6.34. The van der Waals surface area contributed by atoms with Gasteiger partial charge in [-0.3, -0.25) is 10.1 Å². The van der Waals surface area contributed by atoms with Gasteiger partial charge in [0.25, 0.3) is 5.91 Å². The number of halogens is 1. The van der Waals surface area contributed by atoms with Gasteiger partial charge in [0.15, 0.2) is 5.13 Å². The van der Waals surface area contributed by atoms with E-state index in [2.05, 4.69) is 10.3 Å². The van der Waals surface area contributed by atoms with E-state index in [1.807, 2.05) is 25.1 Å². The monoisotopic (exact) mass is 332 g/mol. The molecular weight excluding hydrogens is 320 g/mol. The number of hydrogen-bond acceptors (Lipinski definition) is 4. The molecule has 1 N–H and O–H groups in total. The Hall–Kier alpha value is -2.11. The van der Waals surface area contributed by atoms with E-state index >= 15 is 0 Å². The Labute approximate surface area is 136 Å². The Bertz CT molecular complexity index is 832. The molecule has 0 saturated heterocycles. The van der Waals surface area contributed by atoms with Crippen LogP contribution in [0, 0.1) is 0 Å². The van der Waals surface area contributed by atoms with Gasteiger partial charge in [-0.2, -0.15) is 0 Å². The Morgan fingerprint density at radius 2 is 2.09 bits per heavy atom. The molecular formula is C16H13ClN2O2S. The summed E-state index contributed by atoms with van der Waals surface area (Å²) in [6.07, 6.45) is 0. The highest BCUT2D eigenvalue weighted by molar-refractivity contribution is 7.22. The van der Waals surface area contributed by atoms with Crippen molar-refractivity contribution in [3.05, 3.63) is 53.1 Å². The quantitative estimate of drug-likeness (QED) is 0.759. The number of carbonyl (C=O) groups is 1. The zero-order valence-electron chi connectivity index (χ0n) is 11.8. The topological polar surface area (TPSA) is 51.2 Å². The van der Waals surface area contributed by atoms with Crippen molar-refractivity contribution in [3.63, 3.8) is 0 Å². The number of benzene rings is 2. The molecule has 0 aliphatic rings. The lowest BCUT2D eigenvalue weighted by atomic mass is 10.2. The van der Waals surface area contributed by atoms with Gasteiger partial charge in [-0.25, -0.2) is 4.98 Å². The molecule has 0 saturated carbocycles. The summed E-state index contributed by atoms with van der Waals surface area (Å²) in [5.41, 5.74) is 1.18. The van der Waals surface area contributed by atoms with Crippen molar-refractivity contribution in [1.82, 2.24) is 4.98 Å².